The lowest BCUT2D eigenvalue weighted by atomic mass is 10.2. The first-order chi connectivity index (χ1) is 11.3. The predicted molar refractivity (Wildman–Crippen MR) is 95.1 cm³/mol. The number of ether oxygens (including phenoxy) is 1. The predicted octanol–water partition coefficient (Wildman–Crippen LogP) is 2.43. The number of aliphatic imine (C=N–C) groups is 1. The SMILES string of the molecule is CCNC(=NCCn1cccc1)NCCOc1ccc(C)cc1. The number of benzene rings is 1. The number of nitrogens with one attached hydrogen (secondary N) is 2. The summed E-state index contributed by atoms with van der Waals surface area (Å²) in [7, 11) is 0. The van der Waals surface area contributed by atoms with Gasteiger partial charge >= 0.3 is 0 Å². The Labute approximate surface area is 138 Å². The Morgan fingerprint density at radius 3 is 2.57 bits per heavy atom. The highest BCUT2D eigenvalue weighted by atomic mass is 16.5. The van der Waals surface area contributed by atoms with Crippen molar-refractivity contribution < 1.29 is 4.74 Å². The molecule has 0 spiro atoms. The van der Waals surface area contributed by atoms with Gasteiger partial charge in [0, 0.05) is 25.5 Å². The van der Waals surface area contributed by atoms with Gasteiger partial charge in [-0.05, 0) is 38.1 Å². The minimum Gasteiger partial charge on any atom is -0.492 e. The molecule has 0 saturated carbocycles. The van der Waals surface area contributed by atoms with Gasteiger partial charge in [-0.15, -0.1) is 0 Å². The fraction of sp³-hybridized carbons (Fsp3) is 0.389. The number of hydrogen-bond acceptors (Lipinski definition) is 2. The summed E-state index contributed by atoms with van der Waals surface area (Å²) in [6, 6.07) is 12.1. The van der Waals surface area contributed by atoms with Gasteiger partial charge < -0.3 is 19.9 Å². The van der Waals surface area contributed by atoms with Crippen LogP contribution in [0.4, 0.5) is 0 Å². The first-order valence-electron chi connectivity index (χ1n) is 8.10. The van der Waals surface area contributed by atoms with Gasteiger partial charge in [0.1, 0.15) is 12.4 Å². The van der Waals surface area contributed by atoms with E-state index in [4.69, 9.17) is 4.74 Å². The summed E-state index contributed by atoms with van der Waals surface area (Å²) >= 11 is 0. The molecule has 0 fully saturated rings. The molecule has 2 aromatic rings. The van der Waals surface area contributed by atoms with Crippen molar-refractivity contribution in [2.75, 3.05) is 26.2 Å². The maximum Gasteiger partial charge on any atom is 0.191 e. The van der Waals surface area contributed by atoms with E-state index >= 15 is 0 Å². The van der Waals surface area contributed by atoms with Crippen LogP contribution in [0.25, 0.3) is 0 Å². The summed E-state index contributed by atoms with van der Waals surface area (Å²) in [5, 5.41) is 6.53. The van der Waals surface area contributed by atoms with E-state index in [0.29, 0.717) is 13.2 Å². The second-order valence-electron chi connectivity index (χ2n) is 5.27. The summed E-state index contributed by atoms with van der Waals surface area (Å²) in [6.07, 6.45) is 4.09. The molecule has 0 radical (unpaired) electrons. The average Bonchev–Trinajstić information content (AvgIpc) is 3.06. The molecule has 1 heterocycles. The monoisotopic (exact) mass is 314 g/mol. The standard InChI is InChI=1S/C18H26N4O/c1-3-19-18(20-10-14-22-12-4-5-13-22)21-11-15-23-17-8-6-16(2)7-9-17/h4-9,12-13H,3,10-11,14-15H2,1-2H3,(H2,19,20,21). The number of guanidine groups is 1. The quantitative estimate of drug-likeness (QED) is 0.447. The van der Waals surface area contributed by atoms with E-state index in [1.54, 1.807) is 0 Å². The average molecular weight is 314 g/mol. The molecule has 0 unspecified atom stereocenters. The normalized spacial score (nSPS) is 11.3. The Morgan fingerprint density at radius 1 is 1.13 bits per heavy atom. The zero-order valence-corrected chi connectivity index (χ0v) is 14.0. The minimum atomic E-state index is 0.602. The van der Waals surface area contributed by atoms with Crippen LogP contribution < -0.4 is 15.4 Å². The van der Waals surface area contributed by atoms with E-state index in [0.717, 1.165) is 31.3 Å². The lowest BCUT2D eigenvalue weighted by molar-refractivity contribution is 0.322. The van der Waals surface area contributed by atoms with Crippen molar-refractivity contribution in [3.63, 3.8) is 0 Å². The number of rotatable bonds is 8. The molecule has 0 amide bonds. The third kappa shape index (κ3) is 6.46. The maximum absolute atomic E-state index is 5.70. The van der Waals surface area contributed by atoms with Gasteiger partial charge in [0.25, 0.3) is 0 Å². The van der Waals surface area contributed by atoms with E-state index in [9.17, 15) is 0 Å². The molecule has 0 atom stereocenters. The second-order valence-corrected chi connectivity index (χ2v) is 5.27. The van der Waals surface area contributed by atoms with Gasteiger partial charge in [-0.1, -0.05) is 17.7 Å². The molecule has 2 N–H and O–H groups in total. The summed E-state index contributed by atoms with van der Waals surface area (Å²) in [5.41, 5.74) is 1.24. The smallest absolute Gasteiger partial charge is 0.191 e. The molecule has 0 saturated heterocycles. The highest BCUT2D eigenvalue weighted by molar-refractivity contribution is 5.79. The van der Waals surface area contributed by atoms with Crippen molar-refractivity contribution in [1.82, 2.24) is 15.2 Å². The van der Waals surface area contributed by atoms with Crippen molar-refractivity contribution in [2.45, 2.75) is 20.4 Å². The van der Waals surface area contributed by atoms with Crippen LogP contribution >= 0.6 is 0 Å². The Hall–Kier alpha value is -2.43. The van der Waals surface area contributed by atoms with Crippen molar-refractivity contribution in [3.8, 4) is 5.75 Å². The van der Waals surface area contributed by atoms with Crippen LogP contribution in [0, 0.1) is 6.92 Å². The van der Waals surface area contributed by atoms with E-state index in [-0.39, 0.29) is 0 Å². The Morgan fingerprint density at radius 2 is 1.87 bits per heavy atom. The number of nitrogens with zero attached hydrogens (tertiary/aromatic N) is 2. The first kappa shape index (κ1) is 16.9. The fourth-order valence-corrected chi connectivity index (χ4v) is 2.11. The largest absolute Gasteiger partial charge is 0.492 e. The van der Waals surface area contributed by atoms with Crippen LogP contribution in [0.5, 0.6) is 5.75 Å². The van der Waals surface area contributed by atoms with E-state index in [2.05, 4.69) is 46.2 Å². The first-order valence-corrected chi connectivity index (χ1v) is 8.10. The second kappa shape index (κ2) is 9.56. The molecule has 23 heavy (non-hydrogen) atoms. The minimum absolute atomic E-state index is 0.602. The molecule has 1 aromatic heterocycles. The molecule has 124 valence electrons. The summed E-state index contributed by atoms with van der Waals surface area (Å²) in [4.78, 5) is 4.56. The van der Waals surface area contributed by atoms with Crippen LogP contribution in [0.1, 0.15) is 12.5 Å². The van der Waals surface area contributed by atoms with Gasteiger partial charge in [0.2, 0.25) is 0 Å². The van der Waals surface area contributed by atoms with Gasteiger partial charge in [-0.2, -0.15) is 0 Å². The Bertz CT molecular complexity index is 576. The van der Waals surface area contributed by atoms with Crippen molar-refractivity contribution in [2.24, 2.45) is 4.99 Å². The third-order valence-electron chi connectivity index (χ3n) is 3.32. The van der Waals surface area contributed by atoms with Crippen LogP contribution in [0.3, 0.4) is 0 Å². The zero-order chi connectivity index (χ0) is 16.3. The summed E-state index contributed by atoms with van der Waals surface area (Å²) < 4.78 is 7.82. The van der Waals surface area contributed by atoms with E-state index < -0.39 is 0 Å². The van der Waals surface area contributed by atoms with E-state index in [1.807, 2.05) is 36.7 Å². The number of aryl methyl sites for hydroxylation is 1. The maximum atomic E-state index is 5.70. The molecular weight excluding hydrogens is 288 g/mol. The zero-order valence-electron chi connectivity index (χ0n) is 14.0. The molecule has 0 bridgehead atoms. The molecule has 5 nitrogen and oxygen atoms in total. The van der Waals surface area contributed by atoms with Gasteiger partial charge in [-0.25, -0.2) is 0 Å². The van der Waals surface area contributed by atoms with Gasteiger partial charge in [-0.3, -0.25) is 4.99 Å². The Kier molecular flexibility index (Phi) is 7.04. The highest BCUT2D eigenvalue weighted by Crippen LogP contribution is 2.10. The van der Waals surface area contributed by atoms with Crippen LogP contribution in [0.15, 0.2) is 53.8 Å². The topological polar surface area (TPSA) is 50.6 Å². The molecule has 0 aliphatic heterocycles. The molecule has 5 heteroatoms. The van der Waals surface area contributed by atoms with Crippen molar-refractivity contribution >= 4 is 5.96 Å². The van der Waals surface area contributed by atoms with Gasteiger partial charge in [0.15, 0.2) is 5.96 Å². The number of aromatic nitrogens is 1. The van der Waals surface area contributed by atoms with Crippen LogP contribution in [-0.2, 0) is 6.54 Å². The summed E-state index contributed by atoms with van der Waals surface area (Å²) in [5.74, 6) is 1.72. The summed E-state index contributed by atoms with van der Waals surface area (Å²) in [6.45, 7) is 7.90. The highest BCUT2D eigenvalue weighted by Gasteiger charge is 1.98. The number of hydrogen-bond donors (Lipinski definition) is 2. The molecule has 2 rings (SSSR count). The van der Waals surface area contributed by atoms with Crippen molar-refractivity contribution in [1.29, 1.82) is 0 Å². The van der Waals surface area contributed by atoms with Crippen LogP contribution in [-0.4, -0.2) is 36.8 Å². The third-order valence-corrected chi connectivity index (χ3v) is 3.32. The molecule has 0 aliphatic carbocycles. The lowest BCUT2D eigenvalue weighted by Gasteiger charge is -2.12. The van der Waals surface area contributed by atoms with Crippen molar-refractivity contribution in [3.05, 3.63) is 54.4 Å². The van der Waals surface area contributed by atoms with E-state index in [1.165, 1.54) is 5.56 Å². The van der Waals surface area contributed by atoms with Crippen LogP contribution in [0.2, 0.25) is 0 Å². The fourth-order valence-electron chi connectivity index (χ4n) is 2.11. The molecule has 0 aliphatic rings. The lowest BCUT2D eigenvalue weighted by Crippen LogP contribution is -2.39. The Balaban J connectivity index is 1.69. The molecular formula is C18H26N4O. The molecule has 1 aromatic carbocycles. The van der Waals surface area contributed by atoms with Gasteiger partial charge in [0.05, 0.1) is 13.1 Å².